The molecular formula is C16H35N3. The average molecular weight is 269 g/mol. The molecule has 3 nitrogen and oxygen atoms in total. The number of likely N-dealkylation sites (tertiary alicyclic amines) is 1. The Kier molecular flexibility index (Phi) is 7.96. The molecular weight excluding hydrogens is 234 g/mol. The summed E-state index contributed by atoms with van der Waals surface area (Å²) >= 11 is 0. The van der Waals surface area contributed by atoms with Crippen molar-refractivity contribution >= 4 is 0 Å². The standard InChI is InChI=1S/C16H35N3/c1-6-15(7-2)16(18(3)4)12-17-11-14-9-8-10-19(5)13-14/h14-17H,6-13H2,1-5H3. The highest BCUT2D eigenvalue weighted by Gasteiger charge is 2.21. The maximum atomic E-state index is 3.74. The monoisotopic (exact) mass is 269 g/mol. The molecule has 3 heteroatoms. The number of nitrogens with zero attached hydrogens (tertiary/aromatic N) is 2. The first-order chi connectivity index (χ1) is 9.08. The zero-order chi connectivity index (χ0) is 14.3. The molecule has 1 heterocycles. The van der Waals surface area contributed by atoms with Gasteiger partial charge < -0.3 is 15.1 Å². The number of likely N-dealkylation sites (N-methyl/N-ethyl adjacent to an activating group) is 1. The summed E-state index contributed by atoms with van der Waals surface area (Å²) in [5.41, 5.74) is 0. The quantitative estimate of drug-likeness (QED) is 0.729. The lowest BCUT2D eigenvalue weighted by atomic mass is 9.92. The van der Waals surface area contributed by atoms with Crippen molar-refractivity contribution in [2.24, 2.45) is 11.8 Å². The maximum absolute atomic E-state index is 3.74. The van der Waals surface area contributed by atoms with Gasteiger partial charge in [-0.3, -0.25) is 0 Å². The predicted molar refractivity (Wildman–Crippen MR) is 84.6 cm³/mol. The minimum atomic E-state index is 0.677. The van der Waals surface area contributed by atoms with Crippen LogP contribution in [0.4, 0.5) is 0 Å². The van der Waals surface area contributed by atoms with E-state index in [1.54, 1.807) is 0 Å². The molecule has 0 aromatic heterocycles. The third-order valence-electron chi connectivity index (χ3n) is 4.76. The lowest BCUT2D eigenvalue weighted by Gasteiger charge is -2.33. The molecule has 0 amide bonds. The van der Waals surface area contributed by atoms with Gasteiger partial charge in [-0.15, -0.1) is 0 Å². The van der Waals surface area contributed by atoms with Gasteiger partial charge in [0.05, 0.1) is 0 Å². The Morgan fingerprint density at radius 3 is 2.47 bits per heavy atom. The molecule has 0 bridgehead atoms. The summed E-state index contributed by atoms with van der Waals surface area (Å²) in [6.45, 7) is 9.52. The fraction of sp³-hybridized carbons (Fsp3) is 1.00. The summed E-state index contributed by atoms with van der Waals surface area (Å²) in [5.74, 6) is 1.67. The molecule has 1 saturated heterocycles. The van der Waals surface area contributed by atoms with Crippen molar-refractivity contribution in [3.05, 3.63) is 0 Å². The molecule has 1 rings (SSSR count). The number of hydrogen-bond acceptors (Lipinski definition) is 3. The minimum absolute atomic E-state index is 0.677. The molecule has 2 atom stereocenters. The Labute approximate surface area is 120 Å². The number of hydrogen-bond donors (Lipinski definition) is 1. The molecule has 1 aliphatic rings. The second-order valence-electron chi connectivity index (χ2n) is 6.54. The fourth-order valence-electron chi connectivity index (χ4n) is 3.48. The summed E-state index contributed by atoms with van der Waals surface area (Å²) in [6.07, 6.45) is 5.34. The van der Waals surface area contributed by atoms with Gasteiger partial charge in [-0.25, -0.2) is 0 Å². The molecule has 1 aliphatic heterocycles. The van der Waals surface area contributed by atoms with E-state index < -0.39 is 0 Å². The SMILES string of the molecule is CCC(CC)C(CNCC1CCCN(C)C1)N(C)C. The van der Waals surface area contributed by atoms with E-state index in [1.807, 2.05) is 0 Å². The van der Waals surface area contributed by atoms with Gasteiger partial charge >= 0.3 is 0 Å². The van der Waals surface area contributed by atoms with E-state index in [0.29, 0.717) is 6.04 Å². The molecule has 114 valence electrons. The molecule has 19 heavy (non-hydrogen) atoms. The van der Waals surface area contributed by atoms with Crippen LogP contribution in [0, 0.1) is 11.8 Å². The van der Waals surface area contributed by atoms with Crippen LogP contribution in [0.15, 0.2) is 0 Å². The molecule has 2 unspecified atom stereocenters. The van der Waals surface area contributed by atoms with Gasteiger partial charge in [0.25, 0.3) is 0 Å². The molecule has 0 saturated carbocycles. The fourth-order valence-corrected chi connectivity index (χ4v) is 3.48. The molecule has 1 N–H and O–H groups in total. The average Bonchev–Trinajstić information content (AvgIpc) is 2.38. The zero-order valence-corrected chi connectivity index (χ0v) is 13.8. The van der Waals surface area contributed by atoms with Crippen LogP contribution in [-0.2, 0) is 0 Å². The predicted octanol–water partition coefficient (Wildman–Crippen LogP) is 2.28. The summed E-state index contributed by atoms with van der Waals surface area (Å²) < 4.78 is 0. The topological polar surface area (TPSA) is 18.5 Å². The highest BCUT2D eigenvalue weighted by atomic mass is 15.1. The van der Waals surface area contributed by atoms with Gasteiger partial charge in [-0.1, -0.05) is 26.7 Å². The first-order valence-corrected chi connectivity index (χ1v) is 8.14. The van der Waals surface area contributed by atoms with Crippen molar-refractivity contribution in [2.45, 2.75) is 45.6 Å². The number of piperidine rings is 1. The van der Waals surface area contributed by atoms with E-state index in [1.165, 1.54) is 45.3 Å². The van der Waals surface area contributed by atoms with E-state index in [0.717, 1.165) is 18.4 Å². The van der Waals surface area contributed by atoms with Gasteiger partial charge in [0.2, 0.25) is 0 Å². The Balaban J connectivity index is 2.31. The van der Waals surface area contributed by atoms with Crippen LogP contribution in [0.5, 0.6) is 0 Å². The van der Waals surface area contributed by atoms with E-state index in [2.05, 4.69) is 50.1 Å². The smallest absolute Gasteiger partial charge is 0.0242 e. The van der Waals surface area contributed by atoms with Crippen LogP contribution in [0.2, 0.25) is 0 Å². The van der Waals surface area contributed by atoms with E-state index >= 15 is 0 Å². The second kappa shape index (κ2) is 8.93. The van der Waals surface area contributed by atoms with Crippen LogP contribution in [0.1, 0.15) is 39.5 Å². The summed E-state index contributed by atoms with van der Waals surface area (Å²) in [4.78, 5) is 4.87. The van der Waals surface area contributed by atoms with Gasteiger partial charge in [0, 0.05) is 19.1 Å². The molecule has 0 aromatic rings. The van der Waals surface area contributed by atoms with E-state index in [4.69, 9.17) is 0 Å². The van der Waals surface area contributed by atoms with Gasteiger partial charge in [-0.05, 0) is 58.9 Å². The lowest BCUT2D eigenvalue weighted by molar-refractivity contribution is 0.177. The molecule has 0 radical (unpaired) electrons. The summed E-state index contributed by atoms with van der Waals surface area (Å²) in [7, 11) is 6.69. The Bertz CT molecular complexity index is 226. The third kappa shape index (κ3) is 5.80. The second-order valence-corrected chi connectivity index (χ2v) is 6.54. The van der Waals surface area contributed by atoms with E-state index in [-0.39, 0.29) is 0 Å². The Hall–Kier alpha value is -0.120. The van der Waals surface area contributed by atoms with Crippen molar-refractivity contribution in [3.8, 4) is 0 Å². The first kappa shape index (κ1) is 16.9. The first-order valence-electron chi connectivity index (χ1n) is 8.14. The highest BCUT2D eigenvalue weighted by Crippen LogP contribution is 2.17. The van der Waals surface area contributed by atoms with Crippen LogP contribution in [0.3, 0.4) is 0 Å². The van der Waals surface area contributed by atoms with Gasteiger partial charge in [-0.2, -0.15) is 0 Å². The normalized spacial score (nSPS) is 23.2. The molecule has 1 fully saturated rings. The van der Waals surface area contributed by atoms with Crippen molar-refractivity contribution in [2.75, 3.05) is 47.3 Å². The Morgan fingerprint density at radius 2 is 1.95 bits per heavy atom. The molecule has 0 aromatic carbocycles. The van der Waals surface area contributed by atoms with Crippen LogP contribution < -0.4 is 5.32 Å². The van der Waals surface area contributed by atoms with Crippen LogP contribution in [-0.4, -0.2) is 63.2 Å². The van der Waals surface area contributed by atoms with Crippen molar-refractivity contribution < 1.29 is 0 Å². The van der Waals surface area contributed by atoms with Crippen molar-refractivity contribution in [1.29, 1.82) is 0 Å². The summed E-state index contributed by atoms with van der Waals surface area (Å²) in [6, 6.07) is 0.677. The number of rotatable bonds is 8. The number of nitrogens with one attached hydrogen (secondary N) is 1. The lowest BCUT2D eigenvalue weighted by Crippen LogP contribution is -2.45. The maximum Gasteiger partial charge on any atom is 0.0242 e. The van der Waals surface area contributed by atoms with Crippen molar-refractivity contribution in [3.63, 3.8) is 0 Å². The Morgan fingerprint density at radius 1 is 1.26 bits per heavy atom. The molecule has 0 spiro atoms. The van der Waals surface area contributed by atoms with Gasteiger partial charge in [0.15, 0.2) is 0 Å². The zero-order valence-electron chi connectivity index (χ0n) is 13.8. The van der Waals surface area contributed by atoms with E-state index in [9.17, 15) is 0 Å². The molecule has 0 aliphatic carbocycles. The van der Waals surface area contributed by atoms with Gasteiger partial charge in [0.1, 0.15) is 0 Å². The van der Waals surface area contributed by atoms with Crippen LogP contribution >= 0.6 is 0 Å². The van der Waals surface area contributed by atoms with Crippen LogP contribution in [0.25, 0.3) is 0 Å². The third-order valence-corrected chi connectivity index (χ3v) is 4.76. The highest BCUT2D eigenvalue weighted by molar-refractivity contribution is 4.79. The summed E-state index contributed by atoms with van der Waals surface area (Å²) in [5, 5.41) is 3.74. The minimum Gasteiger partial charge on any atom is -0.315 e. The van der Waals surface area contributed by atoms with Crippen molar-refractivity contribution in [1.82, 2.24) is 15.1 Å². The largest absolute Gasteiger partial charge is 0.315 e.